The average Bonchev–Trinajstić information content (AvgIpc) is 2.73. The SMILES string of the molecule is CCOc1ccc(S(=O)(=O)N2CC(C(=O)NC)Oc3ccccc32)cc1OCC. The molecule has 3 rings (SSSR count). The van der Waals surface area contributed by atoms with E-state index in [-0.39, 0.29) is 11.4 Å². The molecule has 1 unspecified atom stereocenters. The van der Waals surface area contributed by atoms with Gasteiger partial charge in [-0.15, -0.1) is 0 Å². The van der Waals surface area contributed by atoms with Crippen LogP contribution in [0, 0.1) is 0 Å². The average molecular weight is 420 g/mol. The molecular formula is C20H24N2O6S. The molecule has 0 aromatic heterocycles. The predicted octanol–water partition coefficient (Wildman–Crippen LogP) is 2.19. The second-order valence-electron chi connectivity index (χ2n) is 6.20. The van der Waals surface area contributed by atoms with Crippen molar-refractivity contribution in [3.63, 3.8) is 0 Å². The van der Waals surface area contributed by atoms with E-state index in [1.165, 1.54) is 23.5 Å². The van der Waals surface area contributed by atoms with Gasteiger partial charge in [0.2, 0.25) is 0 Å². The number of fused-ring (bicyclic) bond motifs is 1. The van der Waals surface area contributed by atoms with Crippen molar-refractivity contribution in [1.29, 1.82) is 0 Å². The van der Waals surface area contributed by atoms with Gasteiger partial charge in [-0.25, -0.2) is 8.42 Å². The van der Waals surface area contributed by atoms with Crippen LogP contribution in [0.15, 0.2) is 47.4 Å². The molecule has 0 aliphatic carbocycles. The maximum Gasteiger partial charge on any atom is 0.264 e. The fraction of sp³-hybridized carbons (Fsp3) is 0.350. The summed E-state index contributed by atoms with van der Waals surface area (Å²) in [5, 5.41) is 2.50. The van der Waals surface area contributed by atoms with Crippen LogP contribution >= 0.6 is 0 Å². The number of carbonyl (C=O) groups excluding carboxylic acids is 1. The van der Waals surface area contributed by atoms with Gasteiger partial charge < -0.3 is 19.5 Å². The summed E-state index contributed by atoms with van der Waals surface area (Å²) < 4.78 is 44.9. The second kappa shape index (κ2) is 8.60. The molecule has 0 radical (unpaired) electrons. The van der Waals surface area contributed by atoms with Crippen LogP contribution in [-0.2, 0) is 14.8 Å². The minimum Gasteiger partial charge on any atom is -0.490 e. The van der Waals surface area contributed by atoms with Gasteiger partial charge in [0.15, 0.2) is 17.6 Å². The molecule has 0 spiro atoms. The summed E-state index contributed by atoms with van der Waals surface area (Å²) in [5.41, 5.74) is 0.375. The number of nitrogens with zero attached hydrogens (tertiary/aromatic N) is 1. The molecule has 8 nitrogen and oxygen atoms in total. The standard InChI is InChI=1S/C20H24N2O6S/c1-4-26-17-11-10-14(12-18(17)27-5-2)29(24,25)22-13-19(20(23)21-3)28-16-9-7-6-8-15(16)22/h6-12,19H,4-5,13H2,1-3H3,(H,21,23). The van der Waals surface area contributed by atoms with Crippen molar-refractivity contribution in [2.45, 2.75) is 24.8 Å². The number of sulfonamides is 1. The number of para-hydroxylation sites is 2. The van der Waals surface area contributed by atoms with Crippen molar-refractivity contribution >= 4 is 21.6 Å². The van der Waals surface area contributed by atoms with Crippen LogP contribution in [0.3, 0.4) is 0 Å². The summed E-state index contributed by atoms with van der Waals surface area (Å²) in [4.78, 5) is 12.2. The number of carbonyl (C=O) groups is 1. The number of benzene rings is 2. The van der Waals surface area contributed by atoms with E-state index in [4.69, 9.17) is 14.2 Å². The molecule has 29 heavy (non-hydrogen) atoms. The van der Waals surface area contributed by atoms with Gasteiger partial charge in [0, 0.05) is 13.1 Å². The number of likely N-dealkylation sites (N-methyl/N-ethyl adjacent to an activating group) is 1. The summed E-state index contributed by atoms with van der Waals surface area (Å²) in [7, 11) is -2.51. The lowest BCUT2D eigenvalue weighted by molar-refractivity contribution is -0.127. The number of nitrogens with one attached hydrogen (secondary N) is 1. The van der Waals surface area contributed by atoms with Crippen molar-refractivity contribution in [1.82, 2.24) is 5.32 Å². The molecule has 1 amide bonds. The summed E-state index contributed by atoms with van der Waals surface area (Å²) >= 11 is 0. The topological polar surface area (TPSA) is 94.2 Å². The molecule has 1 aliphatic heterocycles. The first-order chi connectivity index (χ1) is 13.9. The maximum atomic E-state index is 13.5. The Labute approximate surface area is 170 Å². The van der Waals surface area contributed by atoms with Crippen LogP contribution < -0.4 is 23.8 Å². The van der Waals surface area contributed by atoms with Crippen LogP contribution in [0.5, 0.6) is 17.2 Å². The fourth-order valence-corrected chi connectivity index (χ4v) is 4.54. The summed E-state index contributed by atoms with van der Waals surface area (Å²) in [6.07, 6.45) is -0.960. The highest BCUT2D eigenvalue weighted by Crippen LogP contribution is 2.38. The zero-order valence-electron chi connectivity index (χ0n) is 16.5. The first-order valence-corrected chi connectivity index (χ1v) is 10.8. The van der Waals surface area contributed by atoms with E-state index >= 15 is 0 Å². The van der Waals surface area contributed by atoms with Crippen LogP contribution in [-0.4, -0.2) is 47.2 Å². The van der Waals surface area contributed by atoms with Crippen LogP contribution in [0.1, 0.15) is 13.8 Å². The molecule has 0 saturated carbocycles. The minimum absolute atomic E-state index is 0.0387. The molecule has 1 heterocycles. The molecule has 1 atom stereocenters. The van der Waals surface area contributed by atoms with Gasteiger partial charge in [0.25, 0.3) is 15.9 Å². The second-order valence-corrected chi connectivity index (χ2v) is 8.06. The van der Waals surface area contributed by atoms with E-state index in [1.54, 1.807) is 30.3 Å². The Kier molecular flexibility index (Phi) is 6.17. The highest BCUT2D eigenvalue weighted by atomic mass is 32.2. The molecule has 2 aromatic carbocycles. The van der Waals surface area contributed by atoms with Crippen molar-refractivity contribution in [2.24, 2.45) is 0 Å². The molecule has 1 aliphatic rings. The van der Waals surface area contributed by atoms with Gasteiger partial charge in [-0.05, 0) is 38.1 Å². The molecule has 1 N–H and O–H groups in total. The predicted molar refractivity (Wildman–Crippen MR) is 108 cm³/mol. The number of ether oxygens (including phenoxy) is 3. The minimum atomic E-state index is -3.98. The number of anilines is 1. The third-order valence-corrected chi connectivity index (χ3v) is 6.15. The first kappa shape index (κ1) is 20.8. The number of hydrogen-bond acceptors (Lipinski definition) is 6. The van der Waals surface area contributed by atoms with Crippen LogP contribution in [0.25, 0.3) is 0 Å². The maximum absolute atomic E-state index is 13.5. The van der Waals surface area contributed by atoms with Crippen molar-refractivity contribution in [3.05, 3.63) is 42.5 Å². The Bertz CT molecular complexity index is 992. The molecule has 0 bridgehead atoms. The highest BCUT2D eigenvalue weighted by Gasteiger charge is 2.37. The Balaban J connectivity index is 2.06. The van der Waals surface area contributed by atoms with Crippen molar-refractivity contribution < 1.29 is 27.4 Å². The number of rotatable bonds is 7. The Morgan fingerprint density at radius 3 is 2.52 bits per heavy atom. The van der Waals surface area contributed by atoms with Gasteiger partial charge in [0.05, 0.1) is 30.3 Å². The van der Waals surface area contributed by atoms with E-state index in [9.17, 15) is 13.2 Å². The Morgan fingerprint density at radius 1 is 1.14 bits per heavy atom. The van der Waals surface area contributed by atoms with E-state index in [1.807, 2.05) is 13.8 Å². The van der Waals surface area contributed by atoms with E-state index in [0.717, 1.165) is 0 Å². The lowest BCUT2D eigenvalue weighted by Gasteiger charge is -2.34. The Hall–Kier alpha value is -2.94. The molecule has 0 fully saturated rings. The molecular weight excluding hydrogens is 396 g/mol. The highest BCUT2D eigenvalue weighted by molar-refractivity contribution is 7.92. The zero-order valence-corrected chi connectivity index (χ0v) is 17.4. The summed E-state index contributed by atoms with van der Waals surface area (Å²) in [6.45, 7) is 4.29. The molecule has 156 valence electrons. The van der Waals surface area contributed by atoms with E-state index in [2.05, 4.69) is 5.32 Å². The van der Waals surface area contributed by atoms with E-state index < -0.39 is 22.0 Å². The molecule has 2 aromatic rings. The molecule has 0 saturated heterocycles. The lowest BCUT2D eigenvalue weighted by atomic mass is 10.2. The zero-order chi connectivity index (χ0) is 21.0. The van der Waals surface area contributed by atoms with Gasteiger partial charge in [0.1, 0.15) is 5.75 Å². The van der Waals surface area contributed by atoms with Gasteiger partial charge in [-0.3, -0.25) is 9.10 Å². The number of hydrogen-bond donors (Lipinski definition) is 1. The third-order valence-electron chi connectivity index (χ3n) is 4.38. The summed E-state index contributed by atoms with van der Waals surface area (Å²) in [5.74, 6) is 0.743. The lowest BCUT2D eigenvalue weighted by Crippen LogP contribution is -2.50. The van der Waals surface area contributed by atoms with Gasteiger partial charge >= 0.3 is 0 Å². The van der Waals surface area contributed by atoms with E-state index in [0.29, 0.717) is 36.1 Å². The van der Waals surface area contributed by atoms with Gasteiger partial charge in [-0.2, -0.15) is 0 Å². The third kappa shape index (κ3) is 4.09. The molecule has 9 heteroatoms. The van der Waals surface area contributed by atoms with Crippen molar-refractivity contribution in [2.75, 3.05) is 31.1 Å². The first-order valence-electron chi connectivity index (χ1n) is 9.32. The largest absolute Gasteiger partial charge is 0.490 e. The monoisotopic (exact) mass is 420 g/mol. The van der Waals surface area contributed by atoms with Crippen molar-refractivity contribution in [3.8, 4) is 17.2 Å². The normalized spacial score (nSPS) is 15.8. The quantitative estimate of drug-likeness (QED) is 0.738. The summed E-state index contributed by atoms with van der Waals surface area (Å²) in [6, 6.07) is 11.2. The van der Waals surface area contributed by atoms with Crippen LogP contribution in [0.4, 0.5) is 5.69 Å². The van der Waals surface area contributed by atoms with Gasteiger partial charge in [-0.1, -0.05) is 12.1 Å². The Morgan fingerprint density at radius 2 is 1.83 bits per heavy atom. The van der Waals surface area contributed by atoms with Crippen LogP contribution in [0.2, 0.25) is 0 Å². The fourth-order valence-electron chi connectivity index (χ4n) is 3.05. The number of amides is 1. The smallest absolute Gasteiger partial charge is 0.264 e.